The molecule has 6 amide bonds. The van der Waals surface area contributed by atoms with E-state index in [1.807, 2.05) is 0 Å². The summed E-state index contributed by atoms with van der Waals surface area (Å²) >= 11 is 0. The number of para-hydroxylation sites is 1. The monoisotopic (exact) mass is 914 g/mol. The zero-order valence-electron chi connectivity index (χ0n) is 34.2. The van der Waals surface area contributed by atoms with Gasteiger partial charge in [-0.15, -0.1) is 0 Å². The van der Waals surface area contributed by atoms with E-state index >= 15 is 0 Å². The van der Waals surface area contributed by atoms with Crippen molar-refractivity contribution >= 4 is 68.8 Å². The van der Waals surface area contributed by atoms with E-state index in [1.54, 1.807) is 32.0 Å². The summed E-state index contributed by atoms with van der Waals surface area (Å²) in [5.41, 5.74) is 15.6. The summed E-state index contributed by atoms with van der Waals surface area (Å²) in [4.78, 5) is 131. The molecular formula is C39H50N10O12S2. The van der Waals surface area contributed by atoms with E-state index < -0.39 is 126 Å². The number of carboxylic acids is 1. The number of aromatic hydroxyl groups is 1. The van der Waals surface area contributed by atoms with Crippen molar-refractivity contribution in [1.82, 2.24) is 35.6 Å². The normalized spacial score (nSPS) is 22.7. The second kappa shape index (κ2) is 22.6. The number of nitrogens with zero attached hydrogens (tertiary/aromatic N) is 2. The van der Waals surface area contributed by atoms with Crippen LogP contribution in [0.4, 0.5) is 0 Å². The van der Waals surface area contributed by atoms with Gasteiger partial charge >= 0.3 is 17.3 Å². The van der Waals surface area contributed by atoms with Crippen molar-refractivity contribution in [3.05, 3.63) is 75.1 Å². The Labute approximate surface area is 367 Å². The van der Waals surface area contributed by atoms with Gasteiger partial charge in [0.25, 0.3) is 0 Å². The molecule has 0 bridgehead atoms. The number of carbonyl (C=O) groups is 8. The Morgan fingerprint density at radius 3 is 2.10 bits per heavy atom. The smallest absolute Gasteiger partial charge is 0.356 e. The van der Waals surface area contributed by atoms with Crippen molar-refractivity contribution in [3.63, 3.8) is 0 Å². The minimum Gasteiger partial charge on any atom is -0.506 e. The lowest BCUT2D eigenvalue weighted by Crippen LogP contribution is -2.60. The molecule has 1 saturated heterocycles. The number of aromatic nitrogens is 3. The Hall–Kier alpha value is -6.40. The molecule has 340 valence electrons. The van der Waals surface area contributed by atoms with Gasteiger partial charge in [0, 0.05) is 30.8 Å². The third-order valence-corrected chi connectivity index (χ3v) is 12.6. The minimum atomic E-state index is -1.61. The van der Waals surface area contributed by atoms with E-state index in [0.29, 0.717) is 6.42 Å². The van der Waals surface area contributed by atoms with Crippen LogP contribution in [0.25, 0.3) is 11.4 Å². The fourth-order valence-corrected chi connectivity index (χ4v) is 8.79. The zero-order valence-corrected chi connectivity index (χ0v) is 35.9. The van der Waals surface area contributed by atoms with Gasteiger partial charge in [-0.05, 0) is 42.2 Å². The van der Waals surface area contributed by atoms with E-state index in [4.69, 9.17) is 17.2 Å². The summed E-state index contributed by atoms with van der Waals surface area (Å²) < 4.78 is 1.65. The van der Waals surface area contributed by atoms with Crippen LogP contribution in [0.1, 0.15) is 51.5 Å². The van der Waals surface area contributed by atoms with Gasteiger partial charge in [-0.1, -0.05) is 66.1 Å². The van der Waals surface area contributed by atoms with E-state index in [-0.39, 0.29) is 41.3 Å². The van der Waals surface area contributed by atoms with Crippen LogP contribution in [0.2, 0.25) is 0 Å². The van der Waals surface area contributed by atoms with Gasteiger partial charge in [0.05, 0.1) is 30.1 Å². The third-order valence-electron chi connectivity index (χ3n) is 10.1. The third kappa shape index (κ3) is 13.5. The molecule has 0 radical (unpaired) electrons. The molecule has 1 aliphatic rings. The van der Waals surface area contributed by atoms with E-state index in [1.165, 1.54) is 30.3 Å². The van der Waals surface area contributed by atoms with Crippen LogP contribution in [-0.2, 0) is 44.8 Å². The first-order valence-corrected chi connectivity index (χ1v) is 22.1. The fourth-order valence-electron chi connectivity index (χ4n) is 6.37. The predicted octanol–water partition coefficient (Wildman–Crippen LogP) is -1.93. The standard InChI is InChI=1S/C39H50N10O12S2/c1-3-19(2)32-36(57)43-24(10-12-30(41)52)34(55)44-25(16-31(42)53)29(51)15-21(37(58)59)17-62-63-18-23(40)33(54)45-26(35(56)46-32)13-20-9-11-28(50)27(14-20)49-39(61)48(38(60)47-49)22-7-5-4-6-8-22/h4-9,11,14,19,21,23-26,32,50H,3,10,12-13,15-18,40H2,1-2H3,(H2,41,52)(H2,42,53)(H,43,57)(H,44,55)(H,45,54)(H,46,56)(H,47,60)(H,58,59). The van der Waals surface area contributed by atoms with E-state index in [0.717, 1.165) is 30.8 Å². The van der Waals surface area contributed by atoms with Gasteiger partial charge in [-0.3, -0.25) is 38.4 Å². The number of phenolic OH excluding ortho intramolecular Hbond substituents is 1. The number of primary amides is 2. The molecule has 63 heavy (non-hydrogen) atoms. The molecule has 1 aromatic heterocycles. The summed E-state index contributed by atoms with van der Waals surface area (Å²) in [6.07, 6.45) is -2.21. The van der Waals surface area contributed by atoms with Gasteiger partial charge in [0.15, 0.2) is 5.78 Å². The Morgan fingerprint density at radius 1 is 0.825 bits per heavy atom. The predicted molar refractivity (Wildman–Crippen MR) is 230 cm³/mol. The summed E-state index contributed by atoms with van der Waals surface area (Å²) in [5, 5.41) is 33.2. The molecule has 4 rings (SSSR count). The lowest BCUT2D eigenvalue weighted by atomic mass is 9.96. The molecule has 13 N–H and O–H groups in total. The van der Waals surface area contributed by atoms with Crippen LogP contribution in [0, 0.1) is 11.8 Å². The highest BCUT2D eigenvalue weighted by Gasteiger charge is 2.36. The van der Waals surface area contributed by atoms with Gasteiger partial charge in [0.2, 0.25) is 35.4 Å². The molecule has 2 heterocycles. The van der Waals surface area contributed by atoms with Gasteiger partial charge in [-0.2, -0.15) is 4.68 Å². The first kappa shape index (κ1) is 49.3. The molecule has 0 aliphatic carbocycles. The number of carboxylic acid groups (broad SMARTS) is 1. The average molecular weight is 915 g/mol. The molecular weight excluding hydrogens is 865 g/mol. The summed E-state index contributed by atoms with van der Waals surface area (Å²) in [5.74, 6) is -10.4. The summed E-state index contributed by atoms with van der Waals surface area (Å²) in [6.45, 7) is 3.33. The number of H-pyrrole nitrogens is 1. The first-order valence-electron chi connectivity index (χ1n) is 19.7. The molecule has 22 nitrogen and oxygen atoms in total. The number of nitrogens with one attached hydrogen (secondary N) is 5. The molecule has 2 aromatic carbocycles. The van der Waals surface area contributed by atoms with E-state index in [2.05, 4.69) is 26.4 Å². The number of benzene rings is 2. The number of aromatic amines is 1. The number of ketones is 1. The highest BCUT2D eigenvalue weighted by atomic mass is 33.1. The van der Waals surface area contributed by atoms with Crippen molar-refractivity contribution in [3.8, 4) is 17.1 Å². The Morgan fingerprint density at radius 2 is 1.46 bits per heavy atom. The second-order valence-electron chi connectivity index (χ2n) is 14.8. The van der Waals surface area contributed by atoms with Crippen LogP contribution in [0.3, 0.4) is 0 Å². The average Bonchev–Trinajstić information content (AvgIpc) is 3.53. The van der Waals surface area contributed by atoms with Crippen LogP contribution < -0.4 is 49.8 Å². The lowest BCUT2D eigenvalue weighted by Gasteiger charge is -2.29. The Balaban J connectivity index is 1.75. The number of hydrogen-bond donors (Lipinski definition) is 10. The number of Topliss-reactive ketones (excluding diaryl/α,β-unsaturated/α-hetero) is 1. The maximum Gasteiger partial charge on any atom is 0.356 e. The molecule has 1 aliphatic heterocycles. The number of phenols is 1. The van der Waals surface area contributed by atoms with Crippen molar-refractivity contribution < 1.29 is 48.6 Å². The highest BCUT2D eigenvalue weighted by Crippen LogP contribution is 2.27. The van der Waals surface area contributed by atoms with E-state index in [9.17, 15) is 58.2 Å². The number of hydrogen-bond acceptors (Lipinski definition) is 14. The molecule has 0 saturated carbocycles. The number of carbonyl (C=O) groups excluding carboxylic acids is 7. The molecule has 7 atom stereocenters. The maximum atomic E-state index is 14.3. The van der Waals surface area contributed by atoms with Crippen molar-refractivity contribution in [1.29, 1.82) is 0 Å². The maximum absolute atomic E-state index is 14.3. The topological polar surface area (TPSA) is 363 Å². The summed E-state index contributed by atoms with van der Waals surface area (Å²) in [6, 6.07) is 4.56. The molecule has 1 fully saturated rings. The quantitative estimate of drug-likeness (QED) is 0.0885. The Kier molecular flexibility index (Phi) is 17.7. The SMILES string of the molecule is CCC(C)C1NC(=O)C(Cc2ccc(O)c(-n3[nH]c(=O)n(-c4ccccc4)c3=O)c2)NC(=O)C(N)CSSCC(C(=O)O)CC(=O)C(CC(N)=O)NC(=O)C(CCC(N)=O)NC1=O. The van der Waals surface area contributed by atoms with Crippen LogP contribution in [0.15, 0.2) is 58.1 Å². The number of amides is 6. The summed E-state index contributed by atoms with van der Waals surface area (Å²) in [7, 11) is 1.99. The zero-order chi connectivity index (χ0) is 46.5. The van der Waals surface area contributed by atoms with Crippen LogP contribution >= 0.6 is 21.6 Å². The van der Waals surface area contributed by atoms with Crippen molar-refractivity contribution in [2.45, 2.75) is 82.6 Å². The molecule has 24 heteroatoms. The van der Waals surface area contributed by atoms with Crippen molar-refractivity contribution in [2.75, 3.05) is 11.5 Å². The molecule has 7 unspecified atom stereocenters. The van der Waals surface area contributed by atoms with Crippen LogP contribution in [-0.4, -0.2) is 113 Å². The highest BCUT2D eigenvalue weighted by molar-refractivity contribution is 8.76. The number of nitrogens with two attached hydrogens (primary N) is 3. The van der Waals surface area contributed by atoms with Gasteiger partial charge < -0.3 is 48.7 Å². The molecule has 0 spiro atoms. The number of aliphatic carboxylic acids is 1. The molecule has 3 aromatic rings. The van der Waals surface area contributed by atoms with Gasteiger partial charge in [-0.25, -0.2) is 19.3 Å². The fraction of sp³-hybridized carbons (Fsp3) is 0.436. The van der Waals surface area contributed by atoms with Gasteiger partial charge in [0.1, 0.15) is 29.6 Å². The lowest BCUT2D eigenvalue weighted by molar-refractivity contribution is -0.143. The minimum absolute atomic E-state index is 0.103. The first-order chi connectivity index (χ1) is 29.8. The number of rotatable bonds is 12. The Bertz CT molecular complexity index is 2320. The van der Waals surface area contributed by atoms with Crippen molar-refractivity contribution in [2.24, 2.45) is 29.0 Å². The van der Waals surface area contributed by atoms with Crippen LogP contribution in [0.5, 0.6) is 5.75 Å². The second-order valence-corrected chi connectivity index (χ2v) is 17.4. The largest absolute Gasteiger partial charge is 0.506 e.